The van der Waals surface area contributed by atoms with Crippen LogP contribution >= 0.6 is 0 Å². The second kappa shape index (κ2) is 20.0. The summed E-state index contributed by atoms with van der Waals surface area (Å²) in [6, 6.07) is 26.4. The monoisotopic (exact) mass is 1110 g/mol. The van der Waals surface area contributed by atoms with E-state index >= 15 is 0 Å². The van der Waals surface area contributed by atoms with Crippen molar-refractivity contribution in [1.82, 2.24) is 15.6 Å². The molecule has 4 N–H and O–H groups in total. The number of urea groups is 1. The molecule has 80 heavy (non-hydrogen) atoms. The van der Waals surface area contributed by atoms with E-state index < -0.39 is 27.3 Å². The first-order valence-electron chi connectivity index (χ1n) is 27.6. The van der Waals surface area contributed by atoms with Crippen molar-refractivity contribution >= 4 is 62.2 Å². The van der Waals surface area contributed by atoms with Gasteiger partial charge in [0.25, 0.3) is 10.1 Å². The number of amides is 4. The summed E-state index contributed by atoms with van der Waals surface area (Å²) in [5, 5.41) is 9.01. The summed E-state index contributed by atoms with van der Waals surface area (Å²) in [5.74, 6) is 0.255. The van der Waals surface area contributed by atoms with Crippen LogP contribution in [0.1, 0.15) is 100 Å². The smallest absolute Gasteiger partial charge is 0.366 e. The van der Waals surface area contributed by atoms with Gasteiger partial charge in [-0.2, -0.15) is 26.2 Å². The van der Waals surface area contributed by atoms with Gasteiger partial charge >= 0.3 is 12.2 Å². The van der Waals surface area contributed by atoms with Crippen molar-refractivity contribution in [2.24, 2.45) is 0 Å². The van der Waals surface area contributed by atoms with Crippen LogP contribution in [0.2, 0.25) is 0 Å². The molecule has 3 unspecified atom stereocenters. The average molecular weight is 1110 g/mol. The number of hydrogen-bond donors (Lipinski definition) is 4. The van der Waals surface area contributed by atoms with Gasteiger partial charge in [0.15, 0.2) is 18.1 Å². The van der Waals surface area contributed by atoms with E-state index in [0.29, 0.717) is 55.2 Å². The van der Waals surface area contributed by atoms with E-state index in [4.69, 9.17) is 9.72 Å². The van der Waals surface area contributed by atoms with Gasteiger partial charge in [-0.3, -0.25) is 19.0 Å². The molecule has 0 spiro atoms. The molecule has 12 rings (SSSR count). The van der Waals surface area contributed by atoms with E-state index in [1.807, 2.05) is 24.3 Å². The molecule has 1 fully saturated rings. The maximum atomic E-state index is 13.9. The van der Waals surface area contributed by atoms with Crippen LogP contribution in [0.4, 0.5) is 46.5 Å². The minimum atomic E-state index is -4.50. The molecule has 1 aromatic heterocycles. The number of hydrogen-bond acceptors (Lipinski definition) is 9. The van der Waals surface area contributed by atoms with Crippen LogP contribution in [0.25, 0.3) is 11.3 Å². The predicted octanol–water partition coefficient (Wildman–Crippen LogP) is 10.1. The first kappa shape index (κ1) is 53.3. The Bertz CT molecular complexity index is 3610. The van der Waals surface area contributed by atoms with Gasteiger partial charge in [-0.1, -0.05) is 56.7 Å². The van der Waals surface area contributed by atoms with Crippen molar-refractivity contribution in [3.8, 4) is 11.3 Å². The molecule has 1 saturated heterocycles. The molecular formula is C61H64F3N8O7S+. The fourth-order valence-electron chi connectivity index (χ4n) is 13.3. The van der Waals surface area contributed by atoms with Gasteiger partial charge in [-0.05, 0) is 117 Å². The topological polar surface area (TPSA) is 177 Å². The van der Waals surface area contributed by atoms with E-state index in [9.17, 15) is 40.5 Å². The average Bonchev–Trinajstić information content (AvgIpc) is 4.06. The van der Waals surface area contributed by atoms with Crippen molar-refractivity contribution in [1.29, 1.82) is 0 Å². The molecule has 7 aliphatic rings. The summed E-state index contributed by atoms with van der Waals surface area (Å²) in [5.41, 5.74) is 10.7. The third-order valence-corrected chi connectivity index (χ3v) is 18.1. The van der Waals surface area contributed by atoms with Crippen molar-refractivity contribution in [2.45, 2.75) is 126 Å². The lowest BCUT2D eigenvalue weighted by Gasteiger charge is -2.42. The summed E-state index contributed by atoms with van der Waals surface area (Å²) in [7, 11) is -4.37. The Hall–Kier alpha value is -7.35. The summed E-state index contributed by atoms with van der Waals surface area (Å²) in [4.78, 5) is 50.8. The second-order valence-electron chi connectivity index (χ2n) is 23.1. The lowest BCUT2D eigenvalue weighted by atomic mass is 9.74. The molecule has 2 bridgehead atoms. The Labute approximate surface area is 463 Å². The highest BCUT2D eigenvalue weighted by Gasteiger charge is 2.55. The van der Waals surface area contributed by atoms with Crippen LogP contribution < -0.4 is 30.7 Å². The highest BCUT2D eigenvalue weighted by atomic mass is 32.2. The van der Waals surface area contributed by atoms with Gasteiger partial charge in [0.2, 0.25) is 17.5 Å². The van der Waals surface area contributed by atoms with Gasteiger partial charge in [0.05, 0.1) is 51.9 Å². The molecule has 19 heteroatoms. The Morgan fingerprint density at radius 2 is 1.60 bits per heavy atom. The van der Waals surface area contributed by atoms with E-state index in [-0.39, 0.29) is 52.8 Å². The van der Waals surface area contributed by atoms with Gasteiger partial charge in [0.1, 0.15) is 0 Å². The molecule has 416 valence electrons. The van der Waals surface area contributed by atoms with Gasteiger partial charge < -0.3 is 30.5 Å². The van der Waals surface area contributed by atoms with Crippen LogP contribution in [-0.4, -0.2) is 97.1 Å². The zero-order valence-electron chi connectivity index (χ0n) is 45.1. The SMILES string of the molecule is CC1(C)C2=C3C=C4C5=[N+](CCC4OC3CCN2c2ccc(CC(=O)NCCCCCC(=O)NCc3ccc(NC(=O)N4c6nc(-c7cccc(C(F)(F)F)c7)ccc6N6CCC4C6)cc3)cc21)c1ccc(S(=O)(=O)O)cc1C5(C)C. The highest BCUT2D eigenvalue weighted by molar-refractivity contribution is 7.85. The first-order valence-corrected chi connectivity index (χ1v) is 29.0. The van der Waals surface area contributed by atoms with Crippen LogP contribution in [0, 0.1) is 0 Å². The molecule has 7 aliphatic heterocycles. The molecule has 0 saturated carbocycles. The molecule has 4 aromatic carbocycles. The summed E-state index contributed by atoms with van der Waals surface area (Å²) >= 11 is 0. The zero-order valence-corrected chi connectivity index (χ0v) is 45.9. The number of rotatable bonds is 13. The molecule has 4 amide bonds. The van der Waals surface area contributed by atoms with Crippen molar-refractivity contribution in [2.75, 3.05) is 52.7 Å². The highest BCUT2D eigenvalue weighted by Crippen LogP contribution is 2.54. The normalized spacial score (nSPS) is 20.9. The summed E-state index contributed by atoms with van der Waals surface area (Å²) < 4.78 is 84.0. The van der Waals surface area contributed by atoms with E-state index in [0.717, 1.165) is 120 Å². The molecule has 5 aromatic rings. The number of halogens is 3. The predicted molar refractivity (Wildman–Crippen MR) is 299 cm³/mol. The first-order chi connectivity index (χ1) is 38.1. The number of benzene rings is 4. The lowest BCUT2D eigenvalue weighted by molar-refractivity contribution is -0.445. The minimum absolute atomic E-state index is 0.0616. The second-order valence-corrected chi connectivity index (χ2v) is 24.5. The van der Waals surface area contributed by atoms with Crippen molar-refractivity contribution < 1.29 is 49.8 Å². The molecular weight excluding hydrogens is 1050 g/mol. The van der Waals surface area contributed by atoms with Crippen molar-refractivity contribution in [3.05, 3.63) is 148 Å². The number of carbonyl (C=O) groups excluding carboxylic acids is 3. The summed E-state index contributed by atoms with van der Waals surface area (Å²) in [6.45, 7) is 12.4. The number of unbranched alkanes of at least 4 members (excludes halogenated alkanes) is 2. The standard InChI is InChI=1S/C61H63F3N8O7S/c1-59(2)45-29-37(14-19-48(45)70-27-23-51-43(55(59)70)33-44-52(79-51)24-28-71-49-20-17-42(80(76,77)78)32-46(49)60(3,4)56(44)71)30-54(74)65-25-7-5-6-11-53(73)66-34-36-12-15-40(16-13-36)67-58(75)72-41-22-26-69(35-41)50-21-18-47(68-57(50)72)38-9-8-10-39(31-38)61(62,63)64/h8-10,12-21,29,31-33,41,51-52H,5-7,11,22-28,30,34-35H2,1-4H3,(H3-,65,66,67,73,74,75,76,77,78)/p+1. The number of pyridine rings is 1. The zero-order chi connectivity index (χ0) is 56.0. The van der Waals surface area contributed by atoms with Crippen LogP contribution in [0.5, 0.6) is 0 Å². The molecule has 0 radical (unpaired) electrons. The molecule has 3 atom stereocenters. The molecule has 0 aliphatic carbocycles. The number of nitrogens with zero attached hydrogens (tertiary/aromatic N) is 5. The van der Waals surface area contributed by atoms with E-state index in [2.05, 4.69) is 76.2 Å². The largest absolute Gasteiger partial charge is 0.416 e. The number of allylic oxidation sites excluding steroid dienone is 1. The van der Waals surface area contributed by atoms with Crippen LogP contribution in [-0.2, 0) is 54.4 Å². The van der Waals surface area contributed by atoms with Gasteiger partial charge in [-0.15, -0.1) is 0 Å². The Balaban J connectivity index is 0.607. The lowest BCUT2D eigenvalue weighted by Crippen LogP contribution is -2.48. The molecule has 15 nitrogen and oxygen atoms in total. The van der Waals surface area contributed by atoms with Crippen LogP contribution in [0.3, 0.4) is 0 Å². The van der Waals surface area contributed by atoms with Gasteiger partial charge in [-0.25, -0.2) is 9.78 Å². The summed E-state index contributed by atoms with van der Waals surface area (Å²) in [6.07, 6.45) is 2.80. The molecule has 8 heterocycles. The minimum Gasteiger partial charge on any atom is -0.366 e. The number of ether oxygens (including phenoxy) is 1. The fourth-order valence-corrected chi connectivity index (χ4v) is 13.8. The maximum absolute atomic E-state index is 13.9. The van der Waals surface area contributed by atoms with E-state index in [1.54, 1.807) is 41.3 Å². The number of alkyl halides is 3. The maximum Gasteiger partial charge on any atom is 0.416 e. The van der Waals surface area contributed by atoms with Crippen LogP contribution in [0.15, 0.2) is 125 Å². The quantitative estimate of drug-likeness (QED) is 0.0504. The number of aromatic nitrogens is 1. The number of anilines is 4. The van der Waals surface area contributed by atoms with E-state index in [1.165, 1.54) is 17.8 Å². The third kappa shape index (κ3) is 9.63. The van der Waals surface area contributed by atoms with Gasteiger partial charge in [0, 0.05) is 96.4 Å². The fraction of sp³-hybridized carbons (Fsp3) is 0.393. The van der Waals surface area contributed by atoms with Crippen molar-refractivity contribution in [3.63, 3.8) is 0 Å². The Kier molecular flexibility index (Phi) is 13.3. The number of carbonyl (C=O) groups is 3. The third-order valence-electron chi connectivity index (χ3n) is 17.2. The number of nitrogens with one attached hydrogen (secondary N) is 3. The Morgan fingerprint density at radius 3 is 2.39 bits per heavy atom. The number of fused-ring (bicyclic) bond motifs is 12. The Morgan fingerprint density at radius 1 is 0.812 bits per heavy atom.